The van der Waals surface area contributed by atoms with Crippen LogP contribution in [-0.4, -0.2) is 4.57 Å². The van der Waals surface area contributed by atoms with Crippen molar-refractivity contribution in [3.05, 3.63) is 96.1 Å². The van der Waals surface area contributed by atoms with Gasteiger partial charge in [0.1, 0.15) is 0 Å². The topological polar surface area (TPSA) is 4.93 Å². The fourth-order valence-corrected chi connectivity index (χ4v) is 5.44. The zero-order valence-electron chi connectivity index (χ0n) is 15.6. The minimum absolute atomic E-state index is 1.04. The molecule has 0 unspecified atom stereocenters. The maximum atomic E-state index is 2.41. The molecule has 1 aliphatic rings. The first-order chi connectivity index (χ1) is 13.8. The van der Waals surface area contributed by atoms with E-state index in [9.17, 15) is 0 Å². The Labute approximate surface area is 168 Å². The van der Waals surface area contributed by atoms with Crippen LogP contribution in [-0.2, 0) is 5.75 Å². The Balaban J connectivity index is 1.73. The van der Waals surface area contributed by atoms with Gasteiger partial charge in [0.15, 0.2) is 0 Å². The second-order valence-corrected chi connectivity index (χ2v) is 8.52. The van der Waals surface area contributed by atoms with Crippen molar-refractivity contribution in [2.45, 2.75) is 17.6 Å². The molecule has 0 atom stereocenters. The van der Waals surface area contributed by atoms with E-state index in [1.165, 1.54) is 54.6 Å². The molecule has 0 fully saturated rings. The average Bonchev–Trinajstić information content (AvgIpc) is 3.06. The highest BCUT2D eigenvalue weighted by atomic mass is 32.2. The molecular formula is C26H19NS. The van der Waals surface area contributed by atoms with Crippen LogP contribution in [0, 0.1) is 6.92 Å². The van der Waals surface area contributed by atoms with E-state index in [4.69, 9.17) is 0 Å². The number of fused-ring (bicyclic) bond motifs is 6. The highest BCUT2D eigenvalue weighted by Crippen LogP contribution is 2.45. The Bertz CT molecular complexity index is 1360. The fourth-order valence-electron chi connectivity index (χ4n) is 4.36. The molecule has 1 nitrogen and oxygen atoms in total. The van der Waals surface area contributed by atoms with Gasteiger partial charge in [-0.05, 0) is 53.9 Å². The lowest BCUT2D eigenvalue weighted by Crippen LogP contribution is -1.97. The fraction of sp³-hybridized carbons (Fsp3) is 0.0769. The Hall–Kier alpha value is -2.97. The summed E-state index contributed by atoms with van der Waals surface area (Å²) in [6.07, 6.45) is 0. The summed E-state index contributed by atoms with van der Waals surface area (Å²) >= 11 is 1.95. The van der Waals surface area contributed by atoms with E-state index >= 15 is 0 Å². The molecule has 0 amide bonds. The molecule has 0 N–H and O–H groups in total. The smallest absolute Gasteiger partial charge is 0.0552 e. The molecule has 134 valence electrons. The van der Waals surface area contributed by atoms with Crippen molar-refractivity contribution in [3.63, 3.8) is 0 Å². The van der Waals surface area contributed by atoms with E-state index in [-0.39, 0.29) is 0 Å². The number of nitrogens with zero attached hydrogens (tertiary/aromatic N) is 1. The molecule has 0 bridgehead atoms. The summed E-state index contributed by atoms with van der Waals surface area (Å²) in [4.78, 5) is 1.38. The second kappa shape index (κ2) is 6.02. The number of hydrogen-bond donors (Lipinski definition) is 0. The van der Waals surface area contributed by atoms with Gasteiger partial charge in [-0.2, -0.15) is 0 Å². The molecule has 5 aromatic rings. The first kappa shape index (κ1) is 16.0. The van der Waals surface area contributed by atoms with Crippen molar-refractivity contribution in [3.8, 4) is 16.8 Å². The van der Waals surface area contributed by atoms with Gasteiger partial charge < -0.3 is 4.57 Å². The largest absolute Gasteiger partial charge is 0.309 e. The van der Waals surface area contributed by atoms with E-state index in [0.717, 1.165) is 5.75 Å². The van der Waals surface area contributed by atoms with Crippen LogP contribution in [0.3, 0.4) is 0 Å². The number of aromatic nitrogens is 1. The Morgan fingerprint density at radius 1 is 0.714 bits per heavy atom. The van der Waals surface area contributed by atoms with Crippen molar-refractivity contribution in [2.24, 2.45) is 0 Å². The maximum absolute atomic E-state index is 2.41. The lowest BCUT2D eigenvalue weighted by atomic mass is 9.98. The van der Waals surface area contributed by atoms with Gasteiger partial charge in [-0.25, -0.2) is 0 Å². The molecular weight excluding hydrogens is 358 g/mol. The van der Waals surface area contributed by atoms with Crippen LogP contribution in [0.15, 0.2) is 89.8 Å². The average molecular weight is 378 g/mol. The lowest BCUT2D eigenvalue weighted by Gasteiger charge is -2.20. The molecule has 4 aromatic carbocycles. The van der Waals surface area contributed by atoms with Crippen LogP contribution >= 0.6 is 11.8 Å². The van der Waals surface area contributed by atoms with E-state index in [2.05, 4.69) is 96.4 Å². The molecule has 0 saturated carbocycles. The zero-order chi connectivity index (χ0) is 18.7. The van der Waals surface area contributed by atoms with Crippen molar-refractivity contribution >= 4 is 33.6 Å². The highest BCUT2D eigenvalue weighted by molar-refractivity contribution is 7.98. The zero-order valence-corrected chi connectivity index (χ0v) is 16.5. The Morgan fingerprint density at radius 2 is 1.50 bits per heavy atom. The molecule has 0 spiro atoms. The van der Waals surface area contributed by atoms with Crippen LogP contribution in [0.1, 0.15) is 11.1 Å². The minimum Gasteiger partial charge on any atom is -0.309 e. The van der Waals surface area contributed by atoms with Crippen LogP contribution in [0.2, 0.25) is 0 Å². The van der Waals surface area contributed by atoms with Gasteiger partial charge in [-0.3, -0.25) is 0 Å². The van der Waals surface area contributed by atoms with E-state index in [1.807, 2.05) is 11.8 Å². The standard InChI is InChI=1S/C26H19NS/c1-17-10-12-19(13-11-17)27-24-9-5-4-8-21(24)22-14-23-20-7-3-2-6-18(20)16-28-26(23)15-25(22)27/h2-15H,16H2,1H3. The van der Waals surface area contributed by atoms with Gasteiger partial charge in [0.25, 0.3) is 0 Å². The van der Waals surface area contributed by atoms with Gasteiger partial charge in [0.2, 0.25) is 0 Å². The van der Waals surface area contributed by atoms with Gasteiger partial charge >= 0.3 is 0 Å². The summed E-state index contributed by atoms with van der Waals surface area (Å²) in [6.45, 7) is 2.14. The third-order valence-corrected chi connectivity index (χ3v) is 6.86. The van der Waals surface area contributed by atoms with Gasteiger partial charge in [-0.1, -0.05) is 60.2 Å². The lowest BCUT2D eigenvalue weighted by molar-refractivity contribution is 1.17. The van der Waals surface area contributed by atoms with Crippen LogP contribution < -0.4 is 0 Å². The quantitative estimate of drug-likeness (QED) is 0.295. The first-order valence-electron chi connectivity index (χ1n) is 9.65. The van der Waals surface area contributed by atoms with Crippen LogP contribution in [0.5, 0.6) is 0 Å². The van der Waals surface area contributed by atoms with Crippen LogP contribution in [0.4, 0.5) is 0 Å². The number of hydrogen-bond acceptors (Lipinski definition) is 1. The summed E-state index contributed by atoms with van der Waals surface area (Å²) in [7, 11) is 0. The predicted octanol–water partition coefficient (Wildman–Crippen LogP) is 7.36. The molecule has 0 aliphatic carbocycles. The van der Waals surface area contributed by atoms with Crippen LogP contribution in [0.25, 0.3) is 38.6 Å². The summed E-state index contributed by atoms with van der Waals surface area (Å²) in [6, 6.07) is 31.2. The highest BCUT2D eigenvalue weighted by Gasteiger charge is 2.20. The summed E-state index contributed by atoms with van der Waals surface area (Å²) in [5.74, 6) is 1.04. The van der Waals surface area contributed by atoms with Gasteiger partial charge in [-0.15, -0.1) is 11.8 Å². The number of benzene rings is 4. The maximum Gasteiger partial charge on any atom is 0.0552 e. The van der Waals surface area contributed by atoms with Crippen molar-refractivity contribution in [1.82, 2.24) is 4.57 Å². The normalized spacial score (nSPS) is 12.9. The Morgan fingerprint density at radius 3 is 2.39 bits per heavy atom. The molecule has 1 aromatic heterocycles. The van der Waals surface area contributed by atoms with E-state index in [1.54, 1.807) is 0 Å². The van der Waals surface area contributed by atoms with Crippen molar-refractivity contribution in [2.75, 3.05) is 0 Å². The molecule has 1 aliphatic heterocycles. The van der Waals surface area contributed by atoms with Gasteiger partial charge in [0.05, 0.1) is 11.0 Å². The Kier molecular flexibility index (Phi) is 3.44. The summed E-state index contributed by atoms with van der Waals surface area (Å²) in [5.41, 5.74) is 9.24. The van der Waals surface area contributed by atoms with Crippen molar-refractivity contribution in [1.29, 1.82) is 0 Å². The summed E-state index contributed by atoms with van der Waals surface area (Å²) < 4.78 is 2.41. The number of rotatable bonds is 1. The predicted molar refractivity (Wildman–Crippen MR) is 121 cm³/mol. The monoisotopic (exact) mass is 377 g/mol. The third kappa shape index (κ3) is 2.28. The van der Waals surface area contributed by atoms with E-state index < -0.39 is 0 Å². The number of aryl methyl sites for hydroxylation is 1. The molecule has 0 radical (unpaired) electrons. The molecule has 28 heavy (non-hydrogen) atoms. The molecule has 0 saturated heterocycles. The molecule has 2 heteroatoms. The third-order valence-electron chi connectivity index (χ3n) is 5.76. The molecule has 2 heterocycles. The SMILES string of the molecule is Cc1ccc(-n2c3ccccc3c3cc4c(cc32)SCc2ccccc2-4)cc1. The van der Waals surface area contributed by atoms with Crippen molar-refractivity contribution < 1.29 is 0 Å². The molecule has 6 rings (SSSR count). The minimum atomic E-state index is 1.04. The number of thioether (sulfide) groups is 1. The van der Waals surface area contributed by atoms with E-state index in [0.29, 0.717) is 0 Å². The second-order valence-electron chi connectivity index (χ2n) is 7.50. The van der Waals surface area contributed by atoms with Gasteiger partial charge in [0, 0.05) is 27.1 Å². The first-order valence-corrected chi connectivity index (χ1v) is 10.6. The summed E-state index contributed by atoms with van der Waals surface area (Å²) in [5, 5.41) is 2.64. The number of para-hydroxylation sites is 1.